The van der Waals surface area contributed by atoms with Gasteiger partial charge in [-0.05, 0) is 18.3 Å². The average Bonchev–Trinajstić information content (AvgIpc) is 2.74. The van der Waals surface area contributed by atoms with Crippen LogP contribution in [0.4, 0.5) is 0 Å². The van der Waals surface area contributed by atoms with Gasteiger partial charge in [0.1, 0.15) is 5.78 Å². The van der Waals surface area contributed by atoms with Gasteiger partial charge in [0.15, 0.2) is 0 Å². The third-order valence-corrected chi connectivity index (χ3v) is 3.14. The van der Waals surface area contributed by atoms with E-state index in [4.69, 9.17) is 0 Å². The summed E-state index contributed by atoms with van der Waals surface area (Å²) in [7, 11) is 0. The third kappa shape index (κ3) is 2.24. The summed E-state index contributed by atoms with van der Waals surface area (Å²) >= 11 is 0. The third-order valence-electron chi connectivity index (χ3n) is 3.14. The molecule has 2 nitrogen and oxygen atoms in total. The smallest absolute Gasteiger partial charge is 0.374 e. The molecule has 0 N–H and O–H groups in total. The summed E-state index contributed by atoms with van der Waals surface area (Å²) in [5.74, 6) is 0.104. The number of aromatic nitrogens is 1. The van der Waals surface area contributed by atoms with Crippen LogP contribution in [0.25, 0.3) is 5.69 Å². The van der Waals surface area contributed by atoms with Crippen molar-refractivity contribution in [1.29, 1.82) is 0 Å². The molecule has 3 heteroatoms. The first-order valence-corrected chi connectivity index (χ1v) is 5.42. The van der Waals surface area contributed by atoms with Gasteiger partial charge in [-0.1, -0.05) is 24.7 Å². The Morgan fingerprint density at radius 3 is 2.76 bits per heavy atom. The van der Waals surface area contributed by atoms with Gasteiger partial charge in [0, 0.05) is 11.6 Å². The van der Waals surface area contributed by atoms with Crippen LogP contribution in [0.1, 0.15) is 24.1 Å². The molecule has 0 saturated carbocycles. The van der Waals surface area contributed by atoms with E-state index >= 15 is 0 Å². The number of rotatable bonds is 0. The fourth-order valence-electron chi connectivity index (χ4n) is 2.22. The van der Waals surface area contributed by atoms with Gasteiger partial charge in [0.2, 0.25) is 0 Å². The van der Waals surface area contributed by atoms with Crippen molar-refractivity contribution in [1.82, 2.24) is 4.57 Å². The Balaban J connectivity index is 0.00000108. The molecule has 1 aliphatic heterocycles. The second kappa shape index (κ2) is 5.23. The number of carbonyl (C=O) groups excluding carboxylic acids is 1. The molecule has 80 valence electrons. The molecule has 1 aromatic carbocycles. The maximum atomic E-state index is 12.0. The average molecular weight is 296 g/mol. The Kier molecular flexibility index (Phi) is 4.08. The van der Waals surface area contributed by atoms with Gasteiger partial charge in [-0.15, -0.1) is 12.5 Å². The SMILES string of the molecule is CC1C(=O)[CH-]c2ccccc2-n2cccc21.[Rb+]. The molecule has 0 aliphatic carbocycles. The maximum Gasteiger partial charge on any atom is 1.00 e. The molecule has 1 atom stereocenters. The van der Waals surface area contributed by atoms with Crippen LogP contribution < -0.4 is 58.2 Å². The van der Waals surface area contributed by atoms with Crippen molar-refractivity contribution in [2.45, 2.75) is 12.8 Å². The van der Waals surface area contributed by atoms with Crippen molar-refractivity contribution in [3.8, 4) is 5.69 Å². The largest absolute Gasteiger partial charge is 1.00 e. The zero-order valence-electron chi connectivity index (χ0n) is 10.1. The Morgan fingerprint density at radius 1 is 1.18 bits per heavy atom. The van der Waals surface area contributed by atoms with E-state index < -0.39 is 0 Å². The van der Waals surface area contributed by atoms with Gasteiger partial charge >= 0.3 is 58.2 Å². The summed E-state index contributed by atoms with van der Waals surface area (Å²) in [6, 6.07) is 12.0. The van der Waals surface area contributed by atoms with Gasteiger partial charge in [0.25, 0.3) is 0 Å². The Hall–Kier alpha value is -0.155. The summed E-state index contributed by atoms with van der Waals surface area (Å²) in [4.78, 5) is 12.0. The molecule has 0 radical (unpaired) electrons. The van der Waals surface area contributed by atoms with Crippen LogP contribution in [0.5, 0.6) is 0 Å². The van der Waals surface area contributed by atoms with E-state index in [-0.39, 0.29) is 69.9 Å². The predicted octanol–water partition coefficient (Wildman–Crippen LogP) is -0.280. The van der Waals surface area contributed by atoms with E-state index in [1.54, 1.807) is 6.42 Å². The van der Waals surface area contributed by atoms with Crippen molar-refractivity contribution >= 4 is 5.78 Å². The Labute approximate surface area is 150 Å². The molecular formula is C14H12NORb. The van der Waals surface area contributed by atoms with Crippen molar-refractivity contribution in [2.24, 2.45) is 0 Å². The number of carbonyl (C=O) groups is 1. The van der Waals surface area contributed by atoms with Crippen LogP contribution >= 0.6 is 0 Å². The van der Waals surface area contributed by atoms with Gasteiger partial charge in [-0.25, -0.2) is 0 Å². The van der Waals surface area contributed by atoms with Gasteiger partial charge < -0.3 is 9.36 Å². The molecule has 0 spiro atoms. The number of ketones is 1. The molecule has 17 heavy (non-hydrogen) atoms. The van der Waals surface area contributed by atoms with E-state index in [2.05, 4.69) is 4.57 Å². The molecule has 2 aromatic rings. The van der Waals surface area contributed by atoms with Crippen LogP contribution in [0.15, 0.2) is 42.6 Å². The van der Waals surface area contributed by atoms with Crippen LogP contribution in [-0.4, -0.2) is 10.4 Å². The van der Waals surface area contributed by atoms with E-state index in [1.807, 2.05) is 49.5 Å². The second-order valence-electron chi connectivity index (χ2n) is 4.13. The van der Waals surface area contributed by atoms with E-state index in [0.717, 1.165) is 16.9 Å². The molecule has 0 bridgehead atoms. The molecule has 3 rings (SSSR count). The molecule has 1 aliphatic rings. The van der Waals surface area contributed by atoms with Gasteiger partial charge in [0.05, 0.1) is 0 Å². The number of fused-ring (bicyclic) bond motifs is 3. The second-order valence-corrected chi connectivity index (χ2v) is 4.13. The molecule has 0 fully saturated rings. The predicted molar refractivity (Wildman–Crippen MR) is 62.6 cm³/mol. The monoisotopic (exact) mass is 295 g/mol. The van der Waals surface area contributed by atoms with Gasteiger partial charge in [-0.3, -0.25) is 0 Å². The minimum Gasteiger partial charge on any atom is -0.374 e. The van der Waals surface area contributed by atoms with E-state index in [0.29, 0.717) is 0 Å². The molecule has 0 amide bonds. The quantitative estimate of drug-likeness (QED) is 0.613. The minimum atomic E-state index is -0.0672. The van der Waals surface area contributed by atoms with E-state index in [9.17, 15) is 4.79 Å². The maximum absolute atomic E-state index is 12.0. The number of benzene rings is 1. The zero-order valence-corrected chi connectivity index (χ0v) is 15.0. The standard InChI is InChI=1S/C14H12NO.Rb/c1-10-12-7-4-8-15(12)13-6-3-2-5-11(13)9-14(10)16;/h2-10H,1H3;/q-1;+1. The zero-order chi connectivity index (χ0) is 11.1. The summed E-state index contributed by atoms with van der Waals surface area (Å²) in [5, 5.41) is 0. The van der Waals surface area contributed by atoms with E-state index in [1.165, 1.54) is 0 Å². The first-order chi connectivity index (χ1) is 7.77. The summed E-state index contributed by atoms with van der Waals surface area (Å²) in [6.07, 6.45) is 3.75. The van der Waals surface area contributed by atoms with Crippen LogP contribution in [-0.2, 0) is 4.79 Å². The summed E-state index contributed by atoms with van der Waals surface area (Å²) < 4.78 is 2.10. The summed E-state index contributed by atoms with van der Waals surface area (Å²) in [5.41, 5.74) is 3.14. The van der Waals surface area contributed by atoms with Gasteiger partial charge in [-0.2, -0.15) is 11.6 Å². The number of hydrogen-bond acceptors (Lipinski definition) is 1. The molecular weight excluding hydrogens is 284 g/mol. The molecule has 0 saturated heterocycles. The van der Waals surface area contributed by atoms with Crippen LogP contribution in [0, 0.1) is 6.42 Å². The topological polar surface area (TPSA) is 22.0 Å². The number of hydrogen-bond donors (Lipinski definition) is 0. The van der Waals surface area contributed by atoms with Crippen molar-refractivity contribution < 1.29 is 63.0 Å². The van der Waals surface area contributed by atoms with Crippen molar-refractivity contribution in [3.63, 3.8) is 0 Å². The Bertz CT molecular complexity index is 559. The first-order valence-electron chi connectivity index (χ1n) is 5.42. The fourth-order valence-corrected chi connectivity index (χ4v) is 2.22. The molecule has 1 unspecified atom stereocenters. The van der Waals surface area contributed by atoms with Crippen LogP contribution in [0.3, 0.4) is 0 Å². The normalized spacial score (nSPS) is 17.2. The number of para-hydroxylation sites is 1. The fraction of sp³-hybridized carbons (Fsp3) is 0.143. The summed E-state index contributed by atoms with van der Waals surface area (Å²) in [6.45, 7) is 1.95. The van der Waals surface area contributed by atoms with Crippen molar-refractivity contribution in [3.05, 3.63) is 60.3 Å². The Morgan fingerprint density at radius 2 is 1.94 bits per heavy atom. The molecule has 2 heterocycles. The minimum absolute atomic E-state index is 0. The number of Topliss-reactive ketones (excluding diaryl/α,β-unsaturated/α-hetero) is 1. The van der Waals surface area contributed by atoms with Crippen molar-refractivity contribution in [2.75, 3.05) is 0 Å². The first kappa shape index (κ1) is 13.3. The molecule has 1 aromatic heterocycles. The number of nitrogens with zero attached hydrogens (tertiary/aromatic N) is 1. The van der Waals surface area contributed by atoms with Crippen LogP contribution in [0.2, 0.25) is 0 Å².